The second-order valence-electron chi connectivity index (χ2n) is 7.64. The Kier molecular flexibility index (Phi) is 7.57. The molecule has 0 aliphatic carbocycles. The predicted octanol–water partition coefficient (Wildman–Crippen LogP) is 3.95. The highest BCUT2D eigenvalue weighted by Crippen LogP contribution is 2.31. The summed E-state index contributed by atoms with van der Waals surface area (Å²) in [5, 5.41) is 11.6. The van der Waals surface area contributed by atoms with Crippen LogP contribution in [-0.4, -0.2) is 47.7 Å². The first-order valence-electron chi connectivity index (χ1n) is 10.7. The van der Waals surface area contributed by atoms with Crippen molar-refractivity contribution in [3.05, 3.63) is 75.5 Å². The van der Waals surface area contributed by atoms with E-state index in [0.717, 1.165) is 23.2 Å². The number of sulfonamides is 1. The SMILES string of the molecule is CCN(CC)S(=O)(=O)c1ccc(OCC(=O)c2cc(C)n(Cc3ccco3)c2C)c([N+](=O)[O-])c1. The molecule has 0 atom stereocenters. The average Bonchev–Trinajstić information content (AvgIpc) is 3.41. The fourth-order valence-corrected chi connectivity index (χ4v) is 5.22. The molecule has 2 aromatic heterocycles. The topological polar surface area (TPSA) is 125 Å². The van der Waals surface area contributed by atoms with Gasteiger partial charge in [-0.25, -0.2) is 8.42 Å². The molecule has 0 amide bonds. The van der Waals surface area contributed by atoms with Gasteiger partial charge < -0.3 is 13.7 Å². The molecule has 10 nitrogen and oxygen atoms in total. The van der Waals surface area contributed by atoms with Crippen molar-refractivity contribution in [3.8, 4) is 5.75 Å². The van der Waals surface area contributed by atoms with Crippen molar-refractivity contribution in [2.45, 2.75) is 39.1 Å². The molecule has 3 rings (SSSR count). The van der Waals surface area contributed by atoms with Gasteiger partial charge in [0.15, 0.2) is 12.4 Å². The molecule has 0 radical (unpaired) electrons. The summed E-state index contributed by atoms with van der Waals surface area (Å²) in [6.45, 7) is 7.54. The minimum Gasteiger partial charge on any atom is -0.478 e. The quantitative estimate of drug-likeness (QED) is 0.227. The number of carbonyl (C=O) groups is 1. The summed E-state index contributed by atoms with van der Waals surface area (Å²) in [5.74, 6) is 0.210. The molecule has 0 fully saturated rings. The van der Waals surface area contributed by atoms with Gasteiger partial charge in [0.05, 0.1) is 22.6 Å². The number of aromatic nitrogens is 1. The van der Waals surface area contributed by atoms with Gasteiger partial charge in [0, 0.05) is 36.1 Å². The van der Waals surface area contributed by atoms with E-state index < -0.39 is 27.2 Å². The van der Waals surface area contributed by atoms with Crippen LogP contribution in [0.4, 0.5) is 5.69 Å². The Hall–Kier alpha value is -3.44. The Morgan fingerprint density at radius 1 is 1.18 bits per heavy atom. The summed E-state index contributed by atoms with van der Waals surface area (Å²) in [6, 6.07) is 8.78. The first-order valence-corrected chi connectivity index (χ1v) is 12.2. The number of benzene rings is 1. The first kappa shape index (κ1) is 25.2. The molecule has 0 unspecified atom stereocenters. The summed E-state index contributed by atoms with van der Waals surface area (Å²) in [6.07, 6.45) is 1.58. The van der Waals surface area contributed by atoms with Crippen LogP contribution in [0.1, 0.15) is 41.4 Å². The lowest BCUT2D eigenvalue weighted by atomic mass is 10.1. The van der Waals surface area contributed by atoms with Crippen molar-refractivity contribution in [2.75, 3.05) is 19.7 Å². The van der Waals surface area contributed by atoms with Crippen molar-refractivity contribution in [1.29, 1.82) is 0 Å². The molecular weight excluding hydrogens is 462 g/mol. The maximum Gasteiger partial charge on any atom is 0.312 e. The van der Waals surface area contributed by atoms with Gasteiger partial charge in [0.1, 0.15) is 5.76 Å². The Labute approximate surface area is 197 Å². The summed E-state index contributed by atoms with van der Waals surface area (Å²) in [5.41, 5.74) is 1.49. The second kappa shape index (κ2) is 10.2. The molecule has 0 aliphatic rings. The summed E-state index contributed by atoms with van der Waals surface area (Å²) < 4.78 is 39.4. The Balaban J connectivity index is 1.81. The van der Waals surface area contributed by atoms with Gasteiger partial charge in [-0.05, 0) is 44.2 Å². The Morgan fingerprint density at radius 3 is 2.47 bits per heavy atom. The molecule has 2 heterocycles. The van der Waals surface area contributed by atoms with E-state index in [-0.39, 0.29) is 29.5 Å². The molecule has 182 valence electrons. The molecule has 0 saturated carbocycles. The molecular formula is C23H27N3O7S. The van der Waals surface area contributed by atoms with Crippen LogP contribution in [0.15, 0.2) is 52.0 Å². The number of nitro benzene ring substituents is 1. The number of hydrogen-bond acceptors (Lipinski definition) is 7. The summed E-state index contributed by atoms with van der Waals surface area (Å²) >= 11 is 0. The number of aryl methyl sites for hydroxylation is 1. The van der Waals surface area contributed by atoms with E-state index >= 15 is 0 Å². The minimum absolute atomic E-state index is 0.179. The number of ketones is 1. The number of Topliss-reactive ketones (excluding diaryl/α,β-unsaturated/α-hetero) is 1. The third-order valence-electron chi connectivity index (χ3n) is 5.60. The van der Waals surface area contributed by atoms with Crippen molar-refractivity contribution in [1.82, 2.24) is 8.87 Å². The largest absolute Gasteiger partial charge is 0.478 e. The highest BCUT2D eigenvalue weighted by Gasteiger charge is 2.27. The van der Waals surface area contributed by atoms with Crippen molar-refractivity contribution in [3.63, 3.8) is 0 Å². The van der Waals surface area contributed by atoms with E-state index in [9.17, 15) is 23.3 Å². The number of ether oxygens (including phenoxy) is 1. The van der Waals surface area contributed by atoms with Crippen molar-refractivity contribution >= 4 is 21.5 Å². The number of nitrogens with zero attached hydrogens (tertiary/aromatic N) is 3. The normalized spacial score (nSPS) is 11.7. The van der Waals surface area contributed by atoms with Crippen LogP contribution in [0, 0.1) is 24.0 Å². The van der Waals surface area contributed by atoms with Crippen molar-refractivity contribution in [2.24, 2.45) is 0 Å². The van der Waals surface area contributed by atoms with Gasteiger partial charge in [0.25, 0.3) is 0 Å². The van der Waals surface area contributed by atoms with Crippen LogP contribution in [0.25, 0.3) is 0 Å². The Bertz CT molecular complexity index is 1290. The molecule has 0 aliphatic heterocycles. The molecule has 0 saturated heterocycles. The molecule has 3 aromatic rings. The average molecular weight is 490 g/mol. The van der Waals surface area contributed by atoms with Crippen LogP contribution in [-0.2, 0) is 16.6 Å². The van der Waals surface area contributed by atoms with E-state index in [1.54, 1.807) is 39.2 Å². The maximum atomic E-state index is 12.8. The summed E-state index contributed by atoms with van der Waals surface area (Å²) in [7, 11) is -3.88. The van der Waals surface area contributed by atoms with Crippen LogP contribution < -0.4 is 4.74 Å². The van der Waals surface area contributed by atoms with Gasteiger partial charge >= 0.3 is 5.69 Å². The zero-order chi connectivity index (χ0) is 25.0. The third kappa shape index (κ3) is 5.05. The minimum atomic E-state index is -3.88. The monoisotopic (exact) mass is 489 g/mol. The van der Waals surface area contributed by atoms with Gasteiger partial charge in [-0.1, -0.05) is 13.8 Å². The Morgan fingerprint density at radius 2 is 1.88 bits per heavy atom. The third-order valence-corrected chi connectivity index (χ3v) is 7.64. The van der Waals surface area contributed by atoms with E-state index in [1.165, 1.54) is 16.4 Å². The molecule has 34 heavy (non-hydrogen) atoms. The summed E-state index contributed by atoms with van der Waals surface area (Å²) in [4.78, 5) is 23.5. The number of nitro groups is 1. The fraction of sp³-hybridized carbons (Fsp3) is 0.348. The molecule has 0 spiro atoms. The lowest BCUT2D eigenvalue weighted by molar-refractivity contribution is -0.386. The number of rotatable bonds is 11. The van der Waals surface area contributed by atoms with Crippen LogP contribution in [0.3, 0.4) is 0 Å². The zero-order valence-electron chi connectivity index (χ0n) is 19.5. The number of hydrogen-bond donors (Lipinski definition) is 0. The van der Waals surface area contributed by atoms with Crippen LogP contribution in [0.2, 0.25) is 0 Å². The van der Waals surface area contributed by atoms with Gasteiger partial charge in [0.2, 0.25) is 15.8 Å². The van der Waals surface area contributed by atoms with Gasteiger partial charge in [-0.2, -0.15) is 4.31 Å². The van der Waals surface area contributed by atoms with E-state index in [4.69, 9.17) is 9.15 Å². The van der Waals surface area contributed by atoms with E-state index in [0.29, 0.717) is 12.1 Å². The zero-order valence-corrected chi connectivity index (χ0v) is 20.3. The molecule has 0 bridgehead atoms. The molecule has 1 aromatic carbocycles. The predicted molar refractivity (Wildman–Crippen MR) is 125 cm³/mol. The molecule has 0 N–H and O–H groups in total. The van der Waals surface area contributed by atoms with E-state index in [2.05, 4.69) is 0 Å². The second-order valence-corrected chi connectivity index (χ2v) is 9.58. The van der Waals surface area contributed by atoms with Crippen molar-refractivity contribution < 1.29 is 27.3 Å². The maximum absolute atomic E-state index is 12.8. The smallest absolute Gasteiger partial charge is 0.312 e. The van der Waals surface area contributed by atoms with E-state index in [1.807, 2.05) is 17.6 Å². The highest BCUT2D eigenvalue weighted by atomic mass is 32.2. The standard InChI is InChI=1S/C23H27N3O7S/c1-5-24(6-2)34(30,31)19-9-10-23(21(13-19)26(28)29)33-15-22(27)20-12-16(3)25(17(20)4)14-18-8-7-11-32-18/h7-13H,5-6,14-15H2,1-4H3. The lowest BCUT2D eigenvalue weighted by Crippen LogP contribution is -2.30. The first-order chi connectivity index (χ1) is 16.1. The number of furan rings is 1. The molecule has 11 heteroatoms. The van der Waals surface area contributed by atoms with Gasteiger partial charge in [-0.3, -0.25) is 14.9 Å². The van der Waals surface area contributed by atoms with Crippen LogP contribution in [0.5, 0.6) is 5.75 Å². The highest BCUT2D eigenvalue weighted by molar-refractivity contribution is 7.89. The lowest BCUT2D eigenvalue weighted by Gasteiger charge is -2.18. The van der Waals surface area contributed by atoms with Crippen LogP contribution >= 0.6 is 0 Å². The van der Waals surface area contributed by atoms with Gasteiger partial charge in [-0.15, -0.1) is 0 Å². The number of carbonyl (C=O) groups excluding carboxylic acids is 1. The fourth-order valence-electron chi connectivity index (χ4n) is 3.74.